The fourth-order valence-electron chi connectivity index (χ4n) is 5.58. The lowest BCUT2D eigenvalue weighted by atomic mass is 10.0. The molecule has 4 aromatic rings. The van der Waals surface area contributed by atoms with Gasteiger partial charge in [0.1, 0.15) is 0 Å². The summed E-state index contributed by atoms with van der Waals surface area (Å²) < 4.78 is 11.6. The number of hydrogen-bond donors (Lipinski definition) is 2. The van der Waals surface area contributed by atoms with Crippen LogP contribution in [0.5, 0.6) is 0 Å². The highest BCUT2D eigenvalue weighted by molar-refractivity contribution is 6.33. The number of hydrogen-bond acceptors (Lipinski definition) is 8. The zero-order chi connectivity index (χ0) is 26.3. The zero-order valence-corrected chi connectivity index (χ0v) is 21.6. The minimum absolute atomic E-state index is 0.0682. The van der Waals surface area contributed by atoms with E-state index in [0.29, 0.717) is 34.1 Å². The number of amides is 1. The first kappa shape index (κ1) is 23.9. The van der Waals surface area contributed by atoms with Gasteiger partial charge in [-0.3, -0.25) is 4.79 Å². The normalized spacial score (nSPS) is 22.1. The van der Waals surface area contributed by atoms with Gasteiger partial charge in [-0.1, -0.05) is 65.2 Å². The van der Waals surface area contributed by atoms with Gasteiger partial charge in [-0.15, -0.1) is 5.10 Å². The number of aliphatic imine (C=N–C) groups is 1. The van der Waals surface area contributed by atoms with Gasteiger partial charge in [0.2, 0.25) is 6.17 Å². The van der Waals surface area contributed by atoms with E-state index < -0.39 is 6.17 Å². The van der Waals surface area contributed by atoms with Gasteiger partial charge < -0.3 is 24.7 Å². The van der Waals surface area contributed by atoms with Crippen LogP contribution in [0.1, 0.15) is 24.0 Å². The molecule has 9 nitrogen and oxygen atoms in total. The standard InChI is InChI=1S/C29H25ClN6O3/c30-23-14-18(36-19-10-11-20(36)16-38-15-19)12-13-21(23)28-34-35-29(39-28)33-26-27(37)31-24-9-5-4-8-22(24)25(32-26)17-6-2-1-3-7-17/h1-9,12-14,19-20,26H,10-11,15-16H2,(H,31,37)(H,33,35). The SMILES string of the molecule is O=C1Nc2ccccc2C(c2ccccc2)=NC1Nc1nnc(-c2ccc(N3C4CCC3COC4)cc2Cl)o1. The van der Waals surface area contributed by atoms with E-state index in [1.54, 1.807) is 0 Å². The van der Waals surface area contributed by atoms with Crippen molar-refractivity contribution in [1.82, 2.24) is 10.2 Å². The van der Waals surface area contributed by atoms with Crippen molar-refractivity contribution in [2.24, 2.45) is 4.99 Å². The number of anilines is 3. The number of carbonyl (C=O) groups is 1. The number of nitrogens with one attached hydrogen (secondary N) is 2. The van der Waals surface area contributed by atoms with E-state index in [0.717, 1.165) is 42.9 Å². The van der Waals surface area contributed by atoms with Gasteiger partial charge in [0.05, 0.1) is 47.3 Å². The third-order valence-corrected chi connectivity index (χ3v) is 7.71. The lowest BCUT2D eigenvalue weighted by molar-refractivity contribution is -0.116. The number of nitrogens with zero attached hydrogens (tertiary/aromatic N) is 4. The Kier molecular flexibility index (Phi) is 6.02. The van der Waals surface area contributed by atoms with Crippen LogP contribution >= 0.6 is 11.6 Å². The zero-order valence-electron chi connectivity index (χ0n) is 20.9. The number of benzene rings is 3. The number of ether oxygens (including phenoxy) is 1. The number of carbonyl (C=O) groups excluding carboxylic acids is 1. The van der Waals surface area contributed by atoms with Gasteiger partial charge in [-0.2, -0.15) is 0 Å². The fourth-order valence-corrected chi connectivity index (χ4v) is 5.83. The van der Waals surface area contributed by atoms with Gasteiger partial charge in [0, 0.05) is 16.8 Å². The summed E-state index contributed by atoms with van der Waals surface area (Å²) in [5.74, 6) is -0.0840. The van der Waals surface area contributed by atoms with Gasteiger partial charge >= 0.3 is 6.01 Å². The number of halogens is 1. The molecule has 2 N–H and O–H groups in total. The molecule has 3 aromatic carbocycles. The van der Waals surface area contributed by atoms with E-state index in [1.165, 1.54) is 0 Å². The molecule has 2 fully saturated rings. The van der Waals surface area contributed by atoms with E-state index in [2.05, 4.69) is 25.7 Å². The second kappa shape index (κ2) is 9.83. The summed E-state index contributed by atoms with van der Waals surface area (Å²) in [6.45, 7) is 1.48. The molecule has 10 heteroatoms. The van der Waals surface area contributed by atoms with Crippen molar-refractivity contribution >= 4 is 40.6 Å². The molecule has 7 rings (SSSR count). The Bertz CT molecular complexity index is 1560. The van der Waals surface area contributed by atoms with Gasteiger partial charge in [-0.25, -0.2) is 4.99 Å². The Morgan fingerprint density at radius 2 is 1.69 bits per heavy atom. The highest BCUT2D eigenvalue weighted by Gasteiger charge is 2.37. The number of benzodiazepines with no additional fused rings is 1. The van der Waals surface area contributed by atoms with Crippen molar-refractivity contribution in [2.45, 2.75) is 31.1 Å². The molecular formula is C29H25ClN6O3. The lowest BCUT2D eigenvalue weighted by Crippen LogP contribution is -2.45. The maximum absolute atomic E-state index is 13.1. The molecule has 3 aliphatic rings. The maximum Gasteiger partial charge on any atom is 0.317 e. The maximum atomic E-state index is 13.1. The van der Waals surface area contributed by atoms with E-state index in [1.807, 2.05) is 72.8 Å². The van der Waals surface area contributed by atoms with E-state index >= 15 is 0 Å². The number of rotatable bonds is 5. The van der Waals surface area contributed by atoms with Crippen molar-refractivity contribution in [2.75, 3.05) is 28.7 Å². The van der Waals surface area contributed by atoms with Crippen molar-refractivity contribution < 1.29 is 13.9 Å². The first-order chi connectivity index (χ1) is 19.1. The number of aromatic nitrogens is 2. The first-order valence-electron chi connectivity index (χ1n) is 12.9. The molecule has 2 bridgehead atoms. The van der Waals surface area contributed by atoms with Crippen LogP contribution in [0, 0.1) is 0 Å². The molecule has 4 heterocycles. The molecule has 0 saturated carbocycles. The largest absolute Gasteiger partial charge is 0.403 e. The second-order valence-electron chi connectivity index (χ2n) is 9.83. The Balaban J connectivity index is 1.16. The summed E-state index contributed by atoms with van der Waals surface area (Å²) in [7, 11) is 0. The quantitative estimate of drug-likeness (QED) is 0.367. The number of morpholine rings is 1. The van der Waals surface area contributed by atoms with Crippen molar-refractivity contribution in [3.8, 4) is 11.5 Å². The predicted octanol–water partition coefficient (Wildman–Crippen LogP) is 4.99. The first-order valence-corrected chi connectivity index (χ1v) is 13.3. The van der Waals surface area contributed by atoms with Crippen LogP contribution in [-0.4, -0.2) is 53.3 Å². The molecule has 39 heavy (non-hydrogen) atoms. The molecule has 1 amide bonds. The highest BCUT2D eigenvalue weighted by Crippen LogP contribution is 2.38. The average Bonchev–Trinajstić information content (AvgIpc) is 3.48. The second-order valence-corrected chi connectivity index (χ2v) is 10.2. The van der Waals surface area contributed by atoms with Crippen molar-refractivity contribution in [3.05, 3.63) is 88.9 Å². The minimum Gasteiger partial charge on any atom is -0.403 e. The molecule has 3 unspecified atom stereocenters. The molecule has 0 radical (unpaired) electrons. The van der Waals surface area contributed by atoms with Gasteiger partial charge in [-0.05, 0) is 37.1 Å². The average molecular weight is 541 g/mol. The van der Waals surface area contributed by atoms with Crippen molar-refractivity contribution in [1.29, 1.82) is 0 Å². The molecular weight excluding hydrogens is 516 g/mol. The molecule has 196 valence electrons. The smallest absolute Gasteiger partial charge is 0.317 e. The number of fused-ring (bicyclic) bond motifs is 3. The topological polar surface area (TPSA) is 105 Å². The Labute approximate surface area is 229 Å². The summed E-state index contributed by atoms with van der Waals surface area (Å²) in [5, 5.41) is 14.8. The third kappa shape index (κ3) is 4.43. The van der Waals surface area contributed by atoms with E-state index in [-0.39, 0.29) is 17.8 Å². The van der Waals surface area contributed by atoms with Crippen LogP contribution in [0.25, 0.3) is 11.5 Å². The summed E-state index contributed by atoms with van der Waals surface area (Å²) in [5.41, 5.74) is 4.76. The fraction of sp³-hybridized carbons (Fsp3) is 0.241. The Morgan fingerprint density at radius 3 is 2.49 bits per heavy atom. The monoisotopic (exact) mass is 540 g/mol. The van der Waals surface area contributed by atoms with Crippen molar-refractivity contribution in [3.63, 3.8) is 0 Å². The Hall–Kier alpha value is -4.21. The molecule has 0 aliphatic carbocycles. The predicted molar refractivity (Wildman–Crippen MR) is 149 cm³/mol. The molecule has 3 aliphatic heterocycles. The highest BCUT2D eigenvalue weighted by atomic mass is 35.5. The summed E-state index contributed by atoms with van der Waals surface area (Å²) in [4.78, 5) is 20.3. The summed E-state index contributed by atoms with van der Waals surface area (Å²) >= 11 is 6.69. The van der Waals surface area contributed by atoms with E-state index in [9.17, 15) is 4.79 Å². The van der Waals surface area contributed by atoms with Crippen LogP contribution in [0.2, 0.25) is 5.02 Å². The summed E-state index contributed by atoms with van der Waals surface area (Å²) in [6, 6.07) is 24.0. The Morgan fingerprint density at radius 1 is 0.923 bits per heavy atom. The van der Waals surface area contributed by atoms with Gasteiger partial charge in [0.25, 0.3) is 11.8 Å². The molecule has 0 spiro atoms. The van der Waals surface area contributed by atoms with Crippen LogP contribution in [0.4, 0.5) is 17.4 Å². The minimum atomic E-state index is -0.990. The van der Waals surface area contributed by atoms with E-state index in [4.69, 9.17) is 25.7 Å². The summed E-state index contributed by atoms with van der Waals surface area (Å²) in [6.07, 6.45) is 1.25. The van der Waals surface area contributed by atoms with Crippen LogP contribution in [0.15, 0.2) is 82.2 Å². The number of para-hydroxylation sites is 1. The lowest BCUT2D eigenvalue weighted by Gasteiger charge is -2.36. The molecule has 3 atom stereocenters. The van der Waals surface area contributed by atoms with Crippen LogP contribution < -0.4 is 15.5 Å². The molecule has 1 aromatic heterocycles. The third-order valence-electron chi connectivity index (χ3n) is 7.40. The molecule has 2 saturated heterocycles. The van der Waals surface area contributed by atoms with Crippen LogP contribution in [0.3, 0.4) is 0 Å². The van der Waals surface area contributed by atoms with Gasteiger partial charge in [0.15, 0.2) is 0 Å². The van der Waals surface area contributed by atoms with Crippen LogP contribution in [-0.2, 0) is 9.53 Å².